The number of hydrogen-bond donors (Lipinski definition) is 0. The summed E-state index contributed by atoms with van der Waals surface area (Å²) in [6.07, 6.45) is 6.44. The van der Waals surface area contributed by atoms with E-state index in [2.05, 4.69) is 22.3 Å². The van der Waals surface area contributed by atoms with Gasteiger partial charge in [0.25, 0.3) is 0 Å². The van der Waals surface area contributed by atoms with Crippen LogP contribution in [-0.4, -0.2) is 18.0 Å². The van der Waals surface area contributed by atoms with Gasteiger partial charge in [0.15, 0.2) is 0 Å². The molecule has 0 N–H and O–H groups in total. The Kier molecular flexibility index (Phi) is 2.16. The van der Waals surface area contributed by atoms with Gasteiger partial charge in [0.1, 0.15) is 0 Å². The molecule has 0 unspecified atom stereocenters. The standard InChI is InChI=1S/C10H11NS/c1-2-5-11-6-3-10-9(8-11)4-7-12-10/h1,4,7H,3,5-6,8H2. The fourth-order valence-electron chi connectivity index (χ4n) is 1.57. The van der Waals surface area contributed by atoms with Gasteiger partial charge in [0.05, 0.1) is 6.54 Å². The Morgan fingerprint density at radius 1 is 1.67 bits per heavy atom. The number of thiophene rings is 1. The van der Waals surface area contributed by atoms with Gasteiger partial charge >= 0.3 is 0 Å². The molecule has 0 atom stereocenters. The second kappa shape index (κ2) is 3.30. The first-order valence-corrected chi connectivity index (χ1v) is 4.99. The first-order chi connectivity index (χ1) is 5.90. The quantitative estimate of drug-likeness (QED) is 0.591. The second-order valence-corrected chi connectivity index (χ2v) is 4.03. The topological polar surface area (TPSA) is 3.24 Å². The first kappa shape index (κ1) is 7.85. The van der Waals surface area contributed by atoms with E-state index in [0.29, 0.717) is 0 Å². The van der Waals surface area contributed by atoms with Crippen molar-refractivity contribution in [2.75, 3.05) is 13.1 Å². The molecule has 0 bridgehead atoms. The maximum atomic E-state index is 5.27. The lowest BCUT2D eigenvalue weighted by Crippen LogP contribution is -2.29. The predicted molar refractivity (Wildman–Crippen MR) is 52.1 cm³/mol. The van der Waals surface area contributed by atoms with Crippen molar-refractivity contribution in [3.8, 4) is 12.3 Å². The molecule has 1 aromatic rings. The first-order valence-electron chi connectivity index (χ1n) is 4.11. The molecule has 2 rings (SSSR count). The zero-order chi connectivity index (χ0) is 8.39. The molecule has 12 heavy (non-hydrogen) atoms. The molecule has 0 amide bonds. The zero-order valence-electron chi connectivity index (χ0n) is 6.92. The summed E-state index contributed by atoms with van der Waals surface area (Å²) in [6, 6.07) is 2.21. The molecule has 62 valence electrons. The van der Waals surface area contributed by atoms with Crippen LogP contribution in [0.25, 0.3) is 0 Å². The number of hydrogen-bond acceptors (Lipinski definition) is 2. The molecular weight excluding hydrogens is 166 g/mol. The van der Waals surface area contributed by atoms with Gasteiger partial charge in [0, 0.05) is 18.0 Å². The van der Waals surface area contributed by atoms with Crippen LogP contribution in [-0.2, 0) is 13.0 Å². The highest BCUT2D eigenvalue weighted by molar-refractivity contribution is 7.10. The zero-order valence-corrected chi connectivity index (χ0v) is 7.73. The van der Waals surface area contributed by atoms with Gasteiger partial charge < -0.3 is 0 Å². The third kappa shape index (κ3) is 1.38. The summed E-state index contributed by atoms with van der Waals surface area (Å²) in [4.78, 5) is 3.86. The van der Waals surface area contributed by atoms with Gasteiger partial charge in [-0.05, 0) is 23.4 Å². The SMILES string of the molecule is C#CCN1CCc2sccc2C1. The molecule has 2 heterocycles. The Balaban J connectivity index is 2.11. The Hall–Kier alpha value is -0.780. The third-order valence-corrected chi connectivity index (χ3v) is 3.22. The predicted octanol–water partition coefficient (Wildman–Crippen LogP) is 1.74. The average molecular weight is 177 g/mol. The van der Waals surface area contributed by atoms with Crippen molar-refractivity contribution in [3.05, 3.63) is 21.9 Å². The highest BCUT2D eigenvalue weighted by Gasteiger charge is 2.15. The highest BCUT2D eigenvalue weighted by Crippen LogP contribution is 2.23. The summed E-state index contributed by atoms with van der Waals surface area (Å²) in [7, 11) is 0. The van der Waals surface area contributed by atoms with E-state index >= 15 is 0 Å². The molecule has 0 spiro atoms. The molecule has 2 heteroatoms. The lowest BCUT2D eigenvalue weighted by Gasteiger charge is -2.24. The van der Waals surface area contributed by atoms with Gasteiger partial charge in [-0.2, -0.15) is 0 Å². The van der Waals surface area contributed by atoms with Crippen molar-refractivity contribution in [1.82, 2.24) is 4.90 Å². The van der Waals surface area contributed by atoms with Crippen molar-refractivity contribution >= 4 is 11.3 Å². The van der Waals surface area contributed by atoms with Crippen LogP contribution in [0, 0.1) is 12.3 Å². The van der Waals surface area contributed by atoms with E-state index in [-0.39, 0.29) is 0 Å². The molecule has 1 aliphatic rings. The summed E-state index contributed by atoms with van der Waals surface area (Å²) in [5.41, 5.74) is 1.47. The fourth-order valence-corrected chi connectivity index (χ4v) is 2.46. The second-order valence-electron chi connectivity index (χ2n) is 3.03. The normalized spacial score (nSPS) is 16.9. The van der Waals surface area contributed by atoms with E-state index in [9.17, 15) is 0 Å². The number of terminal acetylenes is 1. The summed E-state index contributed by atoms with van der Waals surface area (Å²) in [5, 5.41) is 2.17. The van der Waals surface area contributed by atoms with Gasteiger partial charge in [-0.1, -0.05) is 5.92 Å². The summed E-state index contributed by atoms with van der Waals surface area (Å²) < 4.78 is 0. The maximum Gasteiger partial charge on any atom is 0.0601 e. The third-order valence-electron chi connectivity index (χ3n) is 2.20. The smallest absolute Gasteiger partial charge is 0.0601 e. The molecule has 0 radical (unpaired) electrons. The number of nitrogens with zero attached hydrogens (tertiary/aromatic N) is 1. The minimum atomic E-state index is 0.787. The van der Waals surface area contributed by atoms with Crippen LogP contribution in [0.4, 0.5) is 0 Å². The van der Waals surface area contributed by atoms with E-state index < -0.39 is 0 Å². The van der Waals surface area contributed by atoms with Gasteiger partial charge in [-0.15, -0.1) is 17.8 Å². The van der Waals surface area contributed by atoms with Crippen LogP contribution in [0.3, 0.4) is 0 Å². The molecule has 0 aromatic carbocycles. The summed E-state index contributed by atoms with van der Waals surface area (Å²) in [6.45, 7) is 2.95. The van der Waals surface area contributed by atoms with E-state index in [1.54, 1.807) is 4.88 Å². The van der Waals surface area contributed by atoms with Crippen LogP contribution in [0.2, 0.25) is 0 Å². The Labute approximate surface area is 77.0 Å². The molecule has 1 aromatic heterocycles. The minimum absolute atomic E-state index is 0.787. The van der Waals surface area contributed by atoms with Crippen LogP contribution in [0.15, 0.2) is 11.4 Å². The molecule has 1 aliphatic heterocycles. The van der Waals surface area contributed by atoms with Crippen LogP contribution in [0.5, 0.6) is 0 Å². The van der Waals surface area contributed by atoms with E-state index in [1.165, 1.54) is 12.0 Å². The van der Waals surface area contributed by atoms with Crippen LogP contribution in [0.1, 0.15) is 10.4 Å². The molecular formula is C10H11NS. The van der Waals surface area contributed by atoms with E-state index in [0.717, 1.165) is 19.6 Å². The maximum absolute atomic E-state index is 5.27. The van der Waals surface area contributed by atoms with Crippen molar-refractivity contribution in [2.24, 2.45) is 0 Å². The molecule has 0 fully saturated rings. The van der Waals surface area contributed by atoms with Gasteiger partial charge in [0.2, 0.25) is 0 Å². The Morgan fingerprint density at radius 2 is 2.58 bits per heavy atom. The van der Waals surface area contributed by atoms with Crippen molar-refractivity contribution in [3.63, 3.8) is 0 Å². The largest absolute Gasteiger partial charge is 0.288 e. The Morgan fingerprint density at radius 3 is 3.42 bits per heavy atom. The van der Waals surface area contributed by atoms with Crippen molar-refractivity contribution in [1.29, 1.82) is 0 Å². The van der Waals surface area contributed by atoms with Crippen molar-refractivity contribution in [2.45, 2.75) is 13.0 Å². The molecule has 0 saturated carbocycles. The fraction of sp³-hybridized carbons (Fsp3) is 0.400. The average Bonchev–Trinajstić information content (AvgIpc) is 2.51. The van der Waals surface area contributed by atoms with Crippen LogP contribution >= 0.6 is 11.3 Å². The highest BCUT2D eigenvalue weighted by atomic mass is 32.1. The van der Waals surface area contributed by atoms with E-state index in [1.807, 2.05) is 11.3 Å². The number of rotatable bonds is 1. The van der Waals surface area contributed by atoms with Crippen molar-refractivity contribution < 1.29 is 0 Å². The summed E-state index contributed by atoms with van der Waals surface area (Å²) >= 11 is 1.87. The van der Waals surface area contributed by atoms with Gasteiger partial charge in [-0.3, -0.25) is 4.90 Å². The molecule has 0 aliphatic carbocycles. The molecule has 1 nitrogen and oxygen atoms in total. The molecule has 0 saturated heterocycles. The monoisotopic (exact) mass is 177 g/mol. The number of fused-ring (bicyclic) bond motifs is 1. The van der Waals surface area contributed by atoms with Crippen LogP contribution < -0.4 is 0 Å². The summed E-state index contributed by atoms with van der Waals surface area (Å²) in [5.74, 6) is 2.69. The van der Waals surface area contributed by atoms with E-state index in [4.69, 9.17) is 6.42 Å². The lowest BCUT2D eigenvalue weighted by molar-refractivity contribution is 0.288. The Bertz CT molecular complexity index is 308. The lowest BCUT2D eigenvalue weighted by atomic mass is 10.1. The van der Waals surface area contributed by atoms with Gasteiger partial charge in [-0.25, -0.2) is 0 Å². The minimum Gasteiger partial charge on any atom is -0.288 e.